The van der Waals surface area contributed by atoms with Crippen LogP contribution in [0.3, 0.4) is 0 Å². The first-order valence-corrected chi connectivity index (χ1v) is 12.4. The van der Waals surface area contributed by atoms with Gasteiger partial charge in [0.15, 0.2) is 5.17 Å². The number of aromatic nitrogens is 1. The Balaban J connectivity index is 1.47. The Morgan fingerprint density at radius 3 is 2.42 bits per heavy atom. The van der Waals surface area contributed by atoms with Crippen LogP contribution in [0.25, 0.3) is 17.0 Å². The van der Waals surface area contributed by atoms with Gasteiger partial charge in [0, 0.05) is 40.8 Å². The summed E-state index contributed by atoms with van der Waals surface area (Å²) in [6.07, 6.45) is 2.89. The lowest BCUT2D eigenvalue weighted by molar-refractivity contribution is -0.384. The minimum Gasteiger partial charge on any atom is -0.340 e. The fourth-order valence-corrected chi connectivity index (χ4v) is 5.11. The summed E-state index contributed by atoms with van der Waals surface area (Å²) in [7, 11) is 0. The number of thioether (sulfide) groups is 1. The van der Waals surface area contributed by atoms with Crippen molar-refractivity contribution in [1.29, 1.82) is 0 Å². The lowest BCUT2D eigenvalue weighted by Crippen LogP contribution is -2.19. The van der Waals surface area contributed by atoms with Crippen LogP contribution in [0.15, 0.2) is 82.7 Å². The molecule has 1 saturated heterocycles. The Morgan fingerprint density at radius 1 is 1.03 bits per heavy atom. The molecule has 1 fully saturated rings. The number of non-ortho nitro benzene ring substituents is 1. The van der Waals surface area contributed by atoms with E-state index in [0.717, 1.165) is 39.8 Å². The number of fused-ring (bicyclic) bond motifs is 1. The first kappa shape index (κ1) is 23.6. The Kier molecular flexibility index (Phi) is 6.43. The van der Waals surface area contributed by atoms with Gasteiger partial charge in [0.2, 0.25) is 0 Å². The third-order valence-electron chi connectivity index (χ3n) is 6.27. The molecule has 0 unspecified atom stereocenters. The van der Waals surface area contributed by atoms with Gasteiger partial charge < -0.3 is 9.88 Å². The standard InChI is InChI=1S/C28H24N4O3S/c1-3-19-8-12-21(13-9-19)29-28-30-27(33)26(36-28)16-24-18(2)31(25-7-5-4-6-23(24)25)17-20-10-14-22(15-11-20)32(34)35/h4-16H,3,17H2,1-2H3,(H,29,30,33)/b26-16-. The van der Waals surface area contributed by atoms with Crippen LogP contribution < -0.4 is 5.32 Å². The second kappa shape index (κ2) is 9.83. The van der Waals surface area contributed by atoms with E-state index in [9.17, 15) is 14.9 Å². The molecule has 1 aliphatic rings. The van der Waals surface area contributed by atoms with E-state index < -0.39 is 4.92 Å². The van der Waals surface area contributed by atoms with Gasteiger partial charge >= 0.3 is 0 Å². The molecule has 0 radical (unpaired) electrons. The zero-order valence-corrected chi connectivity index (χ0v) is 20.7. The molecule has 0 saturated carbocycles. The first-order chi connectivity index (χ1) is 17.4. The SMILES string of the molecule is CCc1ccc(N=C2NC(=O)/C(=C/c3c(C)n(Cc4ccc([N+](=O)[O-])cc4)c4ccccc34)S2)cc1. The fraction of sp³-hybridized carbons (Fsp3) is 0.143. The number of carbonyl (C=O) groups excluding carboxylic acids is 1. The van der Waals surface area contributed by atoms with E-state index in [0.29, 0.717) is 16.6 Å². The quantitative estimate of drug-likeness (QED) is 0.191. The molecule has 8 heteroatoms. The van der Waals surface area contributed by atoms with Crippen LogP contribution in [-0.4, -0.2) is 20.6 Å². The average Bonchev–Trinajstić information content (AvgIpc) is 3.36. The lowest BCUT2D eigenvalue weighted by atomic mass is 10.1. The van der Waals surface area contributed by atoms with E-state index in [-0.39, 0.29) is 11.6 Å². The van der Waals surface area contributed by atoms with E-state index in [4.69, 9.17) is 0 Å². The molecule has 0 spiro atoms. The molecular weight excluding hydrogens is 472 g/mol. The zero-order chi connectivity index (χ0) is 25.2. The normalized spacial score (nSPS) is 15.7. The number of nitrogens with zero attached hydrogens (tertiary/aromatic N) is 3. The van der Waals surface area contributed by atoms with Gasteiger partial charge in [-0.15, -0.1) is 0 Å². The molecule has 5 rings (SSSR count). The summed E-state index contributed by atoms with van der Waals surface area (Å²) in [5, 5.41) is 15.5. The Hall–Kier alpha value is -4.17. The van der Waals surface area contributed by atoms with Crippen LogP contribution in [0.4, 0.5) is 11.4 Å². The number of aliphatic imine (C=N–C) groups is 1. The molecule has 180 valence electrons. The second-order valence-corrected chi connectivity index (χ2v) is 9.56. The molecular formula is C28H24N4O3S. The molecule has 1 amide bonds. The molecule has 0 aliphatic carbocycles. The maximum atomic E-state index is 12.8. The Bertz CT molecular complexity index is 1530. The predicted molar refractivity (Wildman–Crippen MR) is 145 cm³/mol. The van der Waals surface area contributed by atoms with Crippen molar-refractivity contribution in [3.05, 3.63) is 110 Å². The number of nitro benzene ring substituents is 1. The highest BCUT2D eigenvalue weighted by Crippen LogP contribution is 2.33. The number of nitrogens with one attached hydrogen (secondary N) is 1. The summed E-state index contributed by atoms with van der Waals surface area (Å²) in [6.45, 7) is 4.70. The minimum absolute atomic E-state index is 0.0707. The molecule has 1 aliphatic heterocycles. The molecule has 4 aromatic rings. The van der Waals surface area contributed by atoms with E-state index in [1.54, 1.807) is 12.1 Å². The van der Waals surface area contributed by atoms with Crippen LogP contribution >= 0.6 is 11.8 Å². The Morgan fingerprint density at radius 2 is 1.72 bits per heavy atom. The number of aryl methyl sites for hydroxylation is 1. The summed E-state index contributed by atoms with van der Waals surface area (Å²) in [5.41, 5.74) is 6.08. The van der Waals surface area contributed by atoms with Gasteiger partial charge in [0.25, 0.3) is 11.6 Å². The van der Waals surface area contributed by atoms with Crippen molar-refractivity contribution in [3.63, 3.8) is 0 Å². The Labute approximate surface area is 212 Å². The van der Waals surface area contributed by atoms with Gasteiger partial charge in [0.05, 0.1) is 15.5 Å². The van der Waals surface area contributed by atoms with Crippen molar-refractivity contribution in [2.45, 2.75) is 26.8 Å². The monoisotopic (exact) mass is 496 g/mol. The summed E-state index contributed by atoms with van der Waals surface area (Å²) in [5.74, 6) is -0.171. The zero-order valence-electron chi connectivity index (χ0n) is 19.9. The fourth-order valence-electron chi connectivity index (χ4n) is 4.28. The van der Waals surface area contributed by atoms with Crippen molar-refractivity contribution in [3.8, 4) is 0 Å². The summed E-state index contributed by atoms with van der Waals surface area (Å²) in [6, 6.07) is 22.7. The molecule has 7 nitrogen and oxygen atoms in total. The van der Waals surface area contributed by atoms with E-state index in [2.05, 4.69) is 21.8 Å². The number of carbonyl (C=O) groups is 1. The van der Waals surface area contributed by atoms with Crippen LogP contribution in [0.2, 0.25) is 0 Å². The number of amidine groups is 1. The van der Waals surface area contributed by atoms with Gasteiger partial charge in [-0.2, -0.15) is 0 Å². The highest BCUT2D eigenvalue weighted by Gasteiger charge is 2.25. The van der Waals surface area contributed by atoms with Crippen molar-refractivity contribution >= 4 is 51.2 Å². The molecule has 36 heavy (non-hydrogen) atoms. The number of rotatable bonds is 6. The number of amides is 1. The van der Waals surface area contributed by atoms with Gasteiger partial charge in [-0.05, 0) is 60.5 Å². The van der Waals surface area contributed by atoms with Crippen LogP contribution in [-0.2, 0) is 17.8 Å². The minimum atomic E-state index is -0.396. The molecule has 1 N–H and O–H groups in total. The summed E-state index contributed by atoms with van der Waals surface area (Å²) >= 11 is 1.33. The van der Waals surface area contributed by atoms with Gasteiger partial charge in [0.1, 0.15) is 0 Å². The maximum Gasteiger partial charge on any atom is 0.269 e. The van der Waals surface area contributed by atoms with E-state index >= 15 is 0 Å². The largest absolute Gasteiger partial charge is 0.340 e. The number of nitro groups is 1. The van der Waals surface area contributed by atoms with Gasteiger partial charge in [-0.25, -0.2) is 4.99 Å². The highest BCUT2D eigenvalue weighted by molar-refractivity contribution is 8.18. The summed E-state index contributed by atoms with van der Waals surface area (Å²) < 4.78 is 2.17. The molecule has 3 aromatic carbocycles. The summed E-state index contributed by atoms with van der Waals surface area (Å²) in [4.78, 5) is 28.5. The van der Waals surface area contributed by atoms with Gasteiger partial charge in [-0.3, -0.25) is 14.9 Å². The van der Waals surface area contributed by atoms with Crippen LogP contribution in [0, 0.1) is 17.0 Å². The second-order valence-electron chi connectivity index (χ2n) is 8.53. The predicted octanol–water partition coefficient (Wildman–Crippen LogP) is 6.36. The number of para-hydroxylation sites is 1. The molecule has 2 heterocycles. The maximum absolute atomic E-state index is 12.8. The third-order valence-corrected chi connectivity index (χ3v) is 7.18. The number of hydrogen-bond acceptors (Lipinski definition) is 5. The highest BCUT2D eigenvalue weighted by atomic mass is 32.2. The van der Waals surface area contributed by atoms with Crippen LogP contribution in [0.5, 0.6) is 0 Å². The molecule has 0 bridgehead atoms. The number of benzene rings is 3. The molecule has 0 atom stereocenters. The first-order valence-electron chi connectivity index (χ1n) is 11.6. The third kappa shape index (κ3) is 4.67. The number of hydrogen-bond donors (Lipinski definition) is 1. The van der Waals surface area contributed by atoms with Crippen molar-refractivity contribution in [2.75, 3.05) is 0 Å². The van der Waals surface area contributed by atoms with Crippen molar-refractivity contribution in [2.24, 2.45) is 4.99 Å². The molecule has 1 aromatic heterocycles. The van der Waals surface area contributed by atoms with Crippen molar-refractivity contribution in [1.82, 2.24) is 9.88 Å². The topological polar surface area (TPSA) is 89.5 Å². The van der Waals surface area contributed by atoms with E-state index in [1.807, 2.05) is 61.5 Å². The smallest absolute Gasteiger partial charge is 0.269 e. The van der Waals surface area contributed by atoms with Crippen LogP contribution in [0.1, 0.15) is 29.3 Å². The van der Waals surface area contributed by atoms with Crippen molar-refractivity contribution < 1.29 is 9.72 Å². The average molecular weight is 497 g/mol. The van der Waals surface area contributed by atoms with Gasteiger partial charge in [-0.1, -0.05) is 49.4 Å². The lowest BCUT2D eigenvalue weighted by Gasteiger charge is -2.09. The van der Waals surface area contributed by atoms with E-state index in [1.165, 1.54) is 29.5 Å².